The molecule has 0 saturated carbocycles. The second kappa shape index (κ2) is 8.58. The van der Waals surface area contributed by atoms with Gasteiger partial charge in [-0.25, -0.2) is 0 Å². The average Bonchev–Trinajstić information content (AvgIpc) is 3.23. The van der Waals surface area contributed by atoms with E-state index in [2.05, 4.69) is 30.4 Å². The zero-order chi connectivity index (χ0) is 22.9. The number of carbonyl (C=O) groups excluding carboxylic acids is 1. The van der Waals surface area contributed by atoms with Crippen molar-refractivity contribution in [1.82, 2.24) is 4.57 Å². The molecule has 1 atom stereocenters. The molecular weight excluding hydrogens is 410 g/mol. The number of amides is 1. The second-order valence-electron chi connectivity index (χ2n) is 8.80. The fourth-order valence-electron chi connectivity index (χ4n) is 4.86. The molecule has 1 aromatic heterocycles. The normalized spacial score (nSPS) is 14.9. The van der Waals surface area contributed by atoms with Crippen molar-refractivity contribution in [3.63, 3.8) is 0 Å². The van der Waals surface area contributed by atoms with Crippen molar-refractivity contribution in [2.75, 3.05) is 11.1 Å². The van der Waals surface area contributed by atoms with E-state index in [-0.39, 0.29) is 11.1 Å². The monoisotopic (exact) mass is 437 g/mol. The Bertz CT molecular complexity index is 1410. The lowest BCUT2D eigenvalue weighted by molar-refractivity contribution is 0.102. The molecule has 4 aromatic rings. The quantitative estimate of drug-likeness (QED) is 0.440. The van der Waals surface area contributed by atoms with Gasteiger partial charge in [0.25, 0.3) is 11.5 Å². The van der Waals surface area contributed by atoms with Crippen LogP contribution in [0.15, 0.2) is 77.6 Å². The van der Waals surface area contributed by atoms with Crippen LogP contribution in [0.2, 0.25) is 0 Å². The number of carbonyl (C=O) groups is 1. The number of nitrogens with zero attached hydrogens (tertiary/aromatic N) is 1. The molecule has 1 aliphatic rings. The number of hydrogen-bond acceptors (Lipinski definition) is 3. The molecule has 1 aliphatic carbocycles. The Hall–Kier alpha value is -3.86. The average molecular weight is 438 g/mol. The Morgan fingerprint density at radius 1 is 1.00 bits per heavy atom. The van der Waals surface area contributed by atoms with Crippen LogP contribution in [0.5, 0.6) is 0 Å². The molecule has 0 spiro atoms. The number of aryl methyl sites for hydroxylation is 1. The first-order valence-corrected chi connectivity index (χ1v) is 11.4. The molecule has 3 N–H and O–H groups in total. The van der Waals surface area contributed by atoms with Crippen LogP contribution in [0.1, 0.15) is 34.0 Å². The lowest BCUT2D eigenvalue weighted by atomic mass is 10.0. The fraction of sp³-hybridized carbons (Fsp3) is 0.214. The lowest BCUT2D eigenvalue weighted by Crippen LogP contribution is -2.31. The summed E-state index contributed by atoms with van der Waals surface area (Å²) in [6.45, 7) is 2.71. The van der Waals surface area contributed by atoms with Gasteiger partial charge in [-0.2, -0.15) is 0 Å². The van der Waals surface area contributed by atoms with E-state index in [0.717, 1.165) is 30.2 Å². The smallest absolute Gasteiger partial charge is 0.263 e. The first-order chi connectivity index (χ1) is 16.0. The molecule has 1 heterocycles. The Balaban J connectivity index is 1.53. The maximum Gasteiger partial charge on any atom is 0.263 e. The molecular formula is C28H27N3O2. The number of pyridine rings is 1. The van der Waals surface area contributed by atoms with Gasteiger partial charge < -0.3 is 15.6 Å². The van der Waals surface area contributed by atoms with Gasteiger partial charge >= 0.3 is 0 Å². The van der Waals surface area contributed by atoms with Gasteiger partial charge in [0.15, 0.2) is 0 Å². The summed E-state index contributed by atoms with van der Waals surface area (Å²) in [7, 11) is 0. The molecule has 5 nitrogen and oxygen atoms in total. The van der Waals surface area contributed by atoms with Crippen LogP contribution >= 0.6 is 0 Å². The number of anilines is 2. The summed E-state index contributed by atoms with van der Waals surface area (Å²) in [6, 6.07) is 23.0. The minimum Gasteiger partial charge on any atom is -0.398 e. The number of para-hydroxylation sites is 1. The molecule has 0 saturated heterocycles. The van der Waals surface area contributed by atoms with Crippen LogP contribution in [-0.4, -0.2) is 10.5 Å². The standard InChI is InChI=1S/C28H27N3O2/c1-2-18-11-12-20-14-19(15-21(20)13-18)17-31-26-10-6-9-25(29)23(26)16-24(28(31)33)27(32)30-22-7-4-3-5-8-22/h3-13,16,19H,2,14-15,17,29H2,1H3,(H,30,32). The van der Waals surface area contributed by atoms with E-state index in [4.69, 9.17) is 5.73 Å². The predicted molar refractivity (Wildman–Crippen MR) is 134 cm³/mol. The molecule has 0 aliphatic heterocycles. The first-order valence-electron chi connectivity index (χ1n) is 11.4. The van der Waals surface area contributed by atoms with Crippen LogP contribution in [0.4, 0.5) is 11.4 Å². The third-order valence-electron chi connectivity index (χ3n) is 6.59. The number of nitrogens with one attached hydrogen (secondary N) is 1. The second-order valence-corrected chi connectivity index (χ2v) is 8.80. The van der Waals surface area contributed by atoms with Gasteiger partial charge in [0.2, 0.25) is 0 Å². The van der Waals surface area contributed by atoms with Crippen LogP contribution in [0.25, 0.3) is 10.9 Å². The van der Waals surface area contributed by atoms with Gasteiger partial charge in [0.1, 0.15) is 5.56 Å². The third-order valence-corrected chi connectivity index (χ3v) is 6.59. The van der Waals surface area contributed by atoms with E-state index in [1.54, 1.807) is 28.8 Å². The summed E-state index contributed by atoms with van der Waals surface area (Å²) in [6.07, 6.45) is 2.87. The van der Waals surface area contributed by atoms with E-state index >= 15 is 0 Å². The minimum atomic E-state index is -0.424. The van der Waals surface area contributed by atoms with Crippen molar-refractivity contribution in [2.45, 2.75) is 32.7 Å². The topological polar surface area (TPSA) is 77.1 Å². The highest BCUT2D eigenvalue weighted by Crippen LogP contribution is 2.30. The highest BCUT2D eigenvalue weighted by molar-refractivity contribution is 6.06. The summed E-state index contributed by atoms with van der Waals surface area (Å²) >= 11 is 0. The van der Waals surface area contributed by atoms with Gasteiger partial charge in [-0.15, -0.1) is 0 Å². The van der Waals surface area contributed by atoms with E-state index in [1.807, 2.05) is 30.3 Å². The van der Waals surface area contributed by atoms with Crippen molar-refractivity contribution < 1.29 is 4.79 Å². The molecule has 5 rings (SSSR count). The van der Waals surface area contributed by atoms with Crippen LogP contribution in [0, 0.1) is 5.92 Å². The minimum absolute atomic E-state index is 0.105. The number of hydrogen-bond donors (Lipinski definition) is 2. The number of benzene rings is 3. The number of fused-ring (bicyclic) bond motifs is 2. The molecule has 33 heavy (non-hydrogen) atoms. The molecule has 0 radical (unpaired) electrons. The summed E-state index contributed by atoms with van der Waals surface area (Å²) in [4.78, 5) is 26.6. The number of aromatic nitrogens is 1. The van der Waals surface area contributed by atoms with Gasteiger partial charge in [-0.05, 0) is 72.2 Å². The molecule has 1 unspecified atom stereocenters. The SMILES string of the molecule is CCc1ccc2c(c1)CC(Cn1c(=O)c(C(=O)Nc3ccccc3)cc3c(N)cccc31)C2. The van der Waals surface area contributed by atoms with Gasteiger partial charge in [-0.3, -0.25) is 9.59 Å². The van der Waals surface area contributed by atoms with Crippen molar-refractivity contribution in [1.29, 1.82) is 0 Å². The van der Waals surface area contributed by atoms with E-state index < -0.39 is 5.91 Å². The van der Waals surface area contributed by atoms with Crippen LogP contribution in [-0.2, 0) is 25.8 Å². The van der Waals surface area contributed by atoms with E-state index in [1.165, 1.54) is 16.7 Å². The number of nitrogen functional groups attached to an aromatic ring is 1. The molecule has 0 fully saturated rings. The maximum absolute atomic E-state index is 13.5. The maximum atomic E-state index is 13.5. The first kappa shape index (κ1) is 21.0. The highest BCUT2D eigenvalue weighted by atomic mass is 16.2. The third kappa shape index (κ3) is 4.02. The van der Waals surface area contributed by atoms with E-state index in [0.29, 0.717) is 23.8 Å². The van der Waals surface area contributed by atoms with Crippen molar-refractivity contribution >= 4 is 28.2 Å². The molecule has 5 heteroatoms. The van der Waals surface area contributed by atoms with Crippen molar-refractivity contribution in [3.8, 4) is 0 Å². The Morgan fingerprint density at radius 2 is 1.79 bits per heavy atom. The zero-order valence-corrected chi connectivity index (χ0v) is 18.7. The number of nitrogens with two attached hydrogens (primary N) is 1. The Kier molecular flexibility index (Phi) is 5.47. The van der Waals surface area contributed by atoms with Gasteiger partial charge in [0.05, 0.1) is 5.52 Å². The molecule has 1 amide bonds. The van der Waals surface area contributed by atoms with E-state index in [9.17, 15) is 9.59 Å². The Morgan fingerprint density at radius 3 is 2.58 bits per heavy atom. The number of rotatable bonds is 5. The summed E-state index contributed by atoms with van der Waals surface area (Å²) in [5.74, 6) is -0.130. The van der Waals surface area contributed by atoms with Gasteiger partial charge in [0, 0.05) is 23.3 Å². The summed E-state index contributed by atoms with van der Waals surface area (Å²) in [5, 5.41) is 3.56. The highest BCUT2D eigenvalue weighted by Gasteiger charge is 2.24. The van der Waals surface area contributed by atoms with Crippen molar-refractivity contribution in [2.24, 2.45) is 5.92 Å². The summed E-state index contributed by atoms with van der Waals surface area (Å²) in [5.41, 5.74) is 12.1. The molecule has 0 bridgehead atoms. The van der Waals surface area contributed by atoms with Crippen LogP contribution < -0.4 is 16.6 Å². The van der Waals surface area contributed by atoms with Crippen molar-refractivity contribution in [3.05, 3.63) is 105 Å². The molecule has 166 valence electrons. The lowest BCUT2D eigenvalue weighted by Gasteiger charge is -2.17. The van der Waals surface area contributed by atoms with Crippen LogP contribution in [0.3, 0.4) is 0 Å². The fourth-order valence-corrected chi connectivity index (χ4v) is 4.86. The predicted octanol–water partition coefficient (Wildman–Crippen LogP) is 4.81. The largest absolute Gasteiger partial charge is 0.398 e. The molecule has 3 aromatic carbocycles. The van der Waals surface area contributed by atoms with Gasteiger partial charge in [-0.1, -0.05) is 49.4 Å². The Labute approximate surface area is 192 Å². The summed E-state index contributed by atoms with van der Waals surface area (Å²) < 4.78 is 1.74. The zero-order valence-electron chi connectivity index (χ0n) is 18.7.